The molecular formula is C38H44O9. The van der Waals surface area contributed by atoms with Crippen LogP contribution in [0.2, 0.25) is 0 Å². The number of esters is 4. The van der Waals surface area contributed by atoms with Gasteiger partial charge < -0.3 is 23.7 Å². The standard InChI is InChI=1S/C38H44O9/c1-9-35(23-11-15-25(16-12-23)43-29(41)37-21-19-33(7,27(39)45-37)31(37,3)4)36(10-2,47-35)24-13-17-26(18-14-24)44-30(42)38-22-20-34(8,28(40)46-38)32(38,5)6/h11-18H,9-10,19-22H2,1-8H3/t33-,34-,35+,36+,37+,38+/m0/s1. The molecule has 2 aromatic carbocycles. The van der Waals surface area contributed by atoms with Crippen molar-refractivity contribution in [1.29, 1.82) is 0 Å². The van der Waals surface area contributed by atoms with E-state index in [4.69, 9.17) is 23.7 Å². The molecular weight excluding hydrogens is 600 g/mol. The van der Waals surface area contributed by atoms with E-state index in [-0.39, 0.29) is 11.9 Å². The number of rotatable bonds is 8. The van der Waals surface area contributed by atoms with E-state index in [1.54, 1.807) is 24.3 Å². The molecule has 250 valence electrons. The van der Waals surface area contributed by atoms with E-state index in [1.165, 1.54) is 0 Å². The number of fused-ring (bicyclic) bond motifs is 4. The molecule has 9 nitrogen and oxygen atoms in total. The molecule has 0 amide bonds. The molecule has 0 unspecified atom stereocenters. The highest BCUT2D eigenvalue weighted by atomic mass is 16.6. The Balaban J connectivity index is 1.07. The van der Waals surface area contributed by atoms with Crippen molar-refractivity contribution in [2.24, 2.45) is 21.7 Å². The van der Waals surface area contributed by atoms with Gasteiger partial charge in [-0.1, -0.05) is 65.8 Å². The van der Waals surface area contributed by atoms with Crippen LogP contribution in [0.3, 0.4) is 0 Å². The maximum absolute atomic E-state index is 13.5. The van der Waals surface area contributed by atoms with Crippen LogP contribution in [0.1, 0.15) is 105 Å². The highest BCUT2D eigenvalue weighted by Crippen LogP contribution is 2.68. The molecule has 0 N–H and O–H groups in total. The molecule has 6 atom stereocenters. The fourth-order valence-electron chi connectivity index (χ4n) is 9.35. The SMILES string of the molecule is CC[C@]1(c2ccc(OC(=O)[C@@]34CC[C@@](C)(C(=O)O3)C4(C)C)cc2)O[C@]1(CC)c1ccc(OC(=O)[C@@]23CC[C@@](C)(C(=O)O2)C3(C)C)cc1. The smallest absolute Gasteiger partial charge is 0.356 e. The van der Waals surface area contributed by atoms with Gasteiger partial charge in [-0.05, 0) is 87.8 Å². The second-order valence-corrected chi connectivity index (χ2v) is 15.6. The molecule has 0 radical (unpaired) electrons. The molecule has 0 spiro atoms. The lowest BCUT2D eigenvalue weighted by molar-refractivity contribution is -0.176. The molecule has 2 saturated carbocycles. The van der Waals surface area contributed by atoms with E-state index in [0.29, 0.717) is 50.0 Å². The van der Waals surface area contributed by atoms with Crippen LogP contribution < -0.4 is 9.47 Å². The number of hydrogen-bond acceptors (Lipinski definition) is 9. The number of epoxide rings is 1. The summed E-state index contributed by atoms with van der Waals surface area (Å²) in [6.45, 7) is 15.5. The van der Waals surface area contributed by atoms with Gasteiger partial charge in [0.15, 0.2) is 0 Å². The first-order valence-corrected chi connectivity index (χ1v) is 16.8. The lowest BCUT2D eigenvalue weighted by atomic mass is 9.66. The average molecular weight is 645 g/mol. The molecule has 5 aliphatic rings. The molecule has 3 saturated heterocycles. The Morgan fingerprint density at radius 1 is 0.596 bits per heavy atom. The van der Waals surface area contributed by atoms with Crippen molar-refractivity contribution >= 4 is 23.9 Å². The Morgan fingerprint density at radius 3 is 1.19 bits per heavy atom. The van der Waals surface area contributed by atoms with Crippen molar-refractivity contribution in [2.75, 3.05) is 0 Å². The lowest BCUT2D eigenvalue weighted by Crippen LogP contribution is -2.50. The summed E-state index contributed by atoms with van der Waals surface area (Å²) in [6, 6.07) is 14.7. The molecule has 2 aromatic rings. The van der Waals surface area contributed by atoms with Crippen molar-refractivity contribution in [3.63, 3.8) is 0 Å². The minimum Gasteiger partial charge on any atom is -0.446 e. The Hall–Kier alpha value is -3.72. The zero-order chi connectivity index (χ0) is 34.1. The van der Waals surface area contributed by atoms with Gasteiger partial charge in [-0.2, -0.15) is 0 Å². The summed E-state index contributed by atoms with van der Waals surface area (Å²) in [5.41, 5.74) is -4.70. The van der Waals surface area contributed by atoms with Gasteiger partial charge in [-0.15, -0.1) is 0 Å². The average Bonchev–Trinajstić information content (AvgIpc) is 3.52. The highest BCUT2D eigenvalue weighted by Gasteiger charge is 2.78. The van der Waals surface area contributed by atoms with Crippen LogP contribution in [0.5, 0.6) is 11.5 Å². The normalized spacial score (nSPS) is 38.6. The first kappa shape index (κ1) is 31.9. The third-order valence-corrected chi connectivity index (χ3v) is 13.8. The molecule has 5 fully saturated rings. The highest BCUT2D eigenvalue weighted by molar-refractivity contribution is 5.95. The summed E-state index contributed by atoms with van der Waals surface area (Å²) >= 11 is 0. The molecule has 0 aromatic heterocycles. The van der Waals surface area contributed by atoms with Crippen LogP contribution in [0, 0.1) is 21.7 Å². The van der Waals surface area contributed by atoms with Crippen molar-refractivity contribution in [2.45, 2.75) is 116 Å². The summed E-state index contributed by atoms with van der Waals surface area (Å²) in [4.78, 5) is 52.2. The van der Waals surface area contributed by atoms with E-state index in [9.17, 15) is 19.2 Å². The van der Waals surface area contributed by atoms with Crippen molar-refractivity contribution in [3.05, 3.63) is 59.7 Å². The summed E-state index contributed by atoms with van der Waals surface area (Å²) < 4.78 is 29.7. The summed E-state index contributed by atoms with van der Waals surface area (Å²) in [6.07, 6.45) is 3.44. The van der Waals surface area contributed by atoms with Crippen LogP contribution in [0.4, 0.5) is 0 Å². The van der Waals surface area contributed by atoms with Gasteiger partial charge in [-0.3, -0.25) is 9.59 Å². The van der Waals surface area contributed by atoms with E-state index in [1.807, 2.05) is 65.8 Å². The fourth-order valence-corrected chi connectivity index (χ4v) is 9.35. The predicted octanol–water partition coefficient (Wildman–Crippen LogP) is 6.68. The van der Waals surface area contributed by atoms with E-state index in [0.717, 1.165) is 11.1 Å². The second-order valence-electron chi connectivity index (χ2n) is 15.6. The largest absolute Gasteiger partial charge is 0.446 e. The maximum Gasteiger partial charge on any atom is 0.356 e. The number of hydrogen-bond donors (Lipinski definition) is 0. The maximum atomic E-state index is 13.5. The van der Waals surface area contributed by atoms with Gasteiger partial charge in [0, 0.05) is 10.8 Å². The minimum absolute atomic E-state index is 0.344. The molecule has 4 bridgehead atoms. The Bertz CT molecular complexity index is 1580. The Morgan fingerprint density at radius 2 is 0.936 bits per heavy atom. The molecule has 47 heavy (non-hydrogen) atoms. The zero-order valence-electron chi connectivity index (χ0n) is 28.5. The van der Waals surface area contributed by atoms with Crippen LogP contribution in [0.25, 0.3) is 0 Å². The predicted molar refractivity (Wildman–Crippen MR) is 169 cm³/mol. The Kier molecular flexibility index (Phi) is 6.41. The first-order chi connectivity index (χ1) is 22.0. The second kappa shape index (κ2) is 9.46. The zero-order valence-corrected chi connectivity index (χ0v) is 28.5. The number of benzene rings is 2. The van der Waals surface area contributed by atoms with E-state index < -0.39 is 56.0 Å². The molecule has 3 heterocycles. The topological polar surface area (TPSA) is 118 Å². The van der Waals surface area contributed by atoms with E-state index >= 15 is 0 Å². The first-order valence-electron chi connectivity index (χ1n) is 16.8. The van der Waals surface area contributed by atoms with E-state index in [2.05, 4.69) is 13.8 Å². The third-order valence-electron chi connectivity index (χ3n) is 13.8. The minimum atomic E-state index is -1.30. The summed E-state index contributed by atoms with van der Waals surface area (Å²) in [5, 5.41) is 0. The summed E-state index contributed by atoms with van der Waals surface area (Å²) in [7, 11) is 0. The van der Waals surface area contributed by atoms with Gasteiger partial charge in [0.1, 0.15) is 22.7 Å². The van der Waals surface area contributed by atoms with Gasteiger partial charge in [0.2, 0.25) is 11.2 Å². The van der Waals surface area contributed by atoms with Crippen molar-refractivity contribution in [3.8, 4) is 11.5 Å². The van der Waals surface area contributed by atoms with Crippen molar-refractivity contribution in [1.82, 2.24) is 0 Å². The molecule has 9 heteroatoms. The quantitative estimate of drug-likeness (QED) is 0.176. The Labute approximate surface area is 275 Å². The lowest BCUT2D eigenvalue weighted by Gasteiger charge is -2.34. The molecule has 3 aliphatic heterocycles. The van der Waals surface area contributed by atoms with Crippen LogP contribution in [0.15, 0.2) is 48.5 Å². The monoisotopic (exact) mass is 644 g/mol. The number of ether oxygens (including phenoxy) is 5. The summed E-state index contributed by atoms with van der Waals surface area (Å²) in [5.74, 6) is -1.03. The van der Waals surface area contributed by atoms with Gasteiger partial charge in [0.25, 0.3) is 0 Å². The third kappa shape index (κ3) is 3.54. The molecule has 7 rings (SSSR count). The van der Waals surface area contributed by atoms with Gasteiger partial charge in [-0.25, -0.2) is 9.59 Å². The van der Waals surface area contributed by atoms with Crippen LogP contribution in [-0.2, 0) is 44.6 Å². The van der Waals surface area contributed by atoms with Gasteiger partial charge >= 0.3 is 23.9 Å². The van der Waals surface area contributed by atoms with Crippen LogP contribution in [-0.4, -0.2) is 35.1 Å². The molecule has 2 aliphatic carbocycles. The fraction of sp³-hybridized carbons (Fsp3) is 0.579. The number of carbonyl (C=O) groups excluding carboxylic acids is 4. The van der Waals surface area contributed by atoms with Gasteiger partial charge in [0.05, 0.1) is 10.8 Å². The number of carbonyl (C=O) groups is 4. The van der Waals surface area contributed by atoms with Crippen LogP contribution >= 0.6 is 0 Å². The van der Waals surface area contributed by atoms with Crippen molar-refractivity contribution < 1.29 is 42.9 Å².